The van der Waals surface area contributed by atoms with E-state index in [0.717, 1.165) is 12.1 Å². The SMILES string of the molecule is O=Cc1cc(F)c(F)cc1Br. The standard InChI is InChI=1S/C7H3BrF2O/c8-5-2-7(10)6(9)1-4(5)3-11/h1-3H. The van der Waals surface area contributed by atoms with E-state index in [0.29, 0.717) is 6.29 Å². The Morgan fingerprint density at radius 1 is 1.27 bits per heavy atom. The number of hydrogen-bond donors (Lipinski definition) is 0. The lowest BCUT2D eigenvalue weighted by Gasteiger charge is -1.96. The number of aldehydes is 1. The first kappa shape index (κ1) is 8.33. The summed E-state index contributed by atoms with van der Waals surface area (Å²) >= 11 is 2.90. The molecule has 0 fully saturated rings. The van der Waals surface area contributed by atoms with Crippen molar-refractivity contribution in [3.05, 3.63) is 33.8 Å². The molecule has 0 aliphatic carbocycles. The van der Waals surface area contributed by atoms with Crippen LogP contribution in [0.3, 0.4) is 0 Å². The van der Waals surface area contributed by atoms with Gasteiger partial charge in [0.2, 0.25) is 0 Å². The van der Waals surface area contributed by atoms with Crippen molar-refractivity contribution >= 4 is 22.2 Å². The lowest BCUT2D eigenvalue weighted by molar-refractivity contribution is 0.112. The zero-order valence-corrected chi connectivity index (χ0v) is 6.86. The van der Waals surface area contributed by atoms with Crippen LogP contribution in [0.1, 0.15) is 10.4 Å². The van der Waals surface area contributed by atoms with E-state index in [4.69, 9.17) is 0 Å². The fraction of sp³-hybridized carbons (Fsp3) is 0. The molecule has 0 bridgehead atoms. The third-order valence-corrected chi connectivity index (χ3v) is 1.85. The molecule has 1 nitrogen and oxygen atoms in total. The van der Waals surface area contributed by atoms with Crippen LogP contribution < -0.4 is 0 Å². The van der Waals surface area contributed by atoms with Crippen LogP contribution in [-0.4, -0.2) is 6.29 Å². The quantitative estimate of drug-likeness (QED) is 0.526. The smallest absolute Gasteiger partial charge is 0.159 e. The normalized spacial score (nSPS) is 9.73. The van der Waals surface area contributed by atoms with Gasteiger partial charge in [-0.15, -0.1) is 0 Å². The molecular formula is C7H3BrF2O. The maximum atomic E-state index is 12.4. The van der Waals surface area contributed by atoms with Crippen molar-refractivity contribution in [3.8, 4) is 0 Å². The summed E-state index contributed by atoms with van der Waals surface area (Å²) in [4.78, 5) is 10.2. The van der Waals surface area contributed by atoms with Gasteiger partial charge < -0.3 is 0 Å². The fourth-order valence-electron chi connectivity index (χ4n) is 0.628. The molecule has 0 saturated heterocycles. The Morgan fingerprint density at radius 3 is 2.36 bits per heavy atom. The minimum Gasteiger partial charge on any atom is -0.298 e. The number of carbonyl (C=O) groups excluding carboxylic acids is 1. The van der Waals surface area contributed by atoms with Gasteiger partial charge in [-0.25, -0.2) is 8.78 Å². The Labute approximate surface area is 70.2 Å². The van der Waals surface area contributed by atoms with Gasteiger partial charge in [-0.05, 0) is 28.1 Å². The van der Waals surface area contributed by atoms with Gasteiger partial charge >= 0.3 is 0 Å². The van der Waals surface area contributed by atoms with E-state index < -0.39 is 11.6 Å². The van der Waals surface area contributed by atoms with Crippen LogP contribution in [0.5, 0.6) is 0 Å². The Bertz CT molecular complexity index is 299. The highest BCUT2D eigenvalue weighted by atomic mass is 79.9. The summed E-state index contributed by atoms with van der Waals surface area (Å²) in [6.07, 6.45) is 0.451. The molecule has 0 radical (unpaired) electrons. The van der Waals surface area contributed by atoms with Crippen molar-refractivity contribution in [2.45, 2.75) is 0 Å². The summed E-state index contributed by atoms with van der Waals surface area (Å²) in [5.74, 6) is -1.99. The van der Waals surface area contributed by atoms with E-state index in [2.05, 4.69) is 15.9 Å². The summed E-state index contributed by atoms with van der Waals surface area (Å²) in [5.41, 5.74) is 0.101. The number of rotatable bonds is 1. The summed E-state index contributed by atoms with van der Waals surface area (Å²) in [5, 5.41) is 0. The molecule has 1 aromatic carbocycles. The van der Waals surface area contributed by atoms with E-state index in [-0.39, 0.29) is 10.0 Å². The highest BCUT2D eigenvalue weighted by molar-refractivity contribution is 9.10. The van der Waals surface area contributed by atoms with Crippen LogP contribution in [0.15, 0.2) is 16.6 Å². The van der Waals surface area contributed by atoms with Crippen molar-refractivity contribution in [1.29, 1.82) is 0 Å². The highest BCUT2D eigenvalue weighted by Gasteiger charge is 2.06. The van der Waals surface area contributed by atoms with Gasteiger partial charge in [-0.2, -0.15) is 0 Å². The number of carbonyl (C=O) groups is 1. The third-order valence-electron chi connectivity index (χ3n) is 1.17. The summed E-state index contributed by atoms with van der Waals surface area (Å²) in [6, 6.07) is 1.76. The molecule has 1 aromatic rings. The molecule has 0 N–H and O–H groups in total. The fourth-order valence-corrected chi connectivity index (χ4v) is 1.04. The zero-order valence-electron chi connectivity index (χ0n) is 5.27. The Kier molecular flexibility index (Phi) is 2.34. The number of hydrogen-bond acceptors (Lipinski definition) is 1. The molecule has 0 unspecified atom stereocenters. The van der Waals surface area contributed by atoms with Crippen LogP contribution in [0.4, 0.5) is 8.78 Å². The van der Waals surface area contributed by atoms with Gasteiger partial charge in [0.1, 0.15) is 0 Å². The monoisotopic (exact) mass is 220 g/mol. The van der Waals surface area contributed by atoms with Crippen molar-refractivity contribution < 1.29 is 13.6 Å². The number of halogens is 3. The molecule has 11 heavy (non-hydrogen) atoms. The van der Waals surface area contributed by atoms with E-state index >= 15 is 0 Å². The lowest BCUT2D eigenvalue weighted by Crippen LogP contribution is -1.89. The summed E-state index contributed by atoms with van der Waals surface area (Å²) in [7, 11) is 0. The predicted octanol–water partition coefficient (Wildman–Crippen LogP) is 2.54. The van der Waals surface area contributed by atoms with Gasteiger partial charge in [0.15, 0.2) is 17.9 Å². The van der Waals surface area contributed by atoms with E-state index in [9.17, 15) is 13.6 Å². The molecule has 0 aliphatic heterocycles. The average Bonchev–Trinajstić information content (AvgIpc) is 1.97. The molecule has 0 aromatic heterocycles. The molecule has 0 spiro atoms. The summed E-state index contributed by atoms with van der Waals surface area (Å²) in [6.45, 7) is 0. The maximum Gasteiger partial charge on any atom is 0.159 e. The molecule has 0 saturated carbocycles. The molecule has 0 atom stereocenters. The highest BCUT2D eigenvalue weighted by Crippen LogP contribution is 2.18. The molecular weight excluding hydrogens is 218 g/mol. The van der Waals surface area contributed by atoms with Crippen molar-refractivity contribution in [1.82, 2.24) is 0 Å². The maximum absolute atomic E-state index is 12.4. The second kappa shape index (κ2) is 3.09. The van der Waals surface area contributed by atoms with E-state index in [1.54, 1.807) is 0 Å². The lowest BCUT2D eigenvalue weighted by atomic mass is 10.2. The van der Waals surface area contributed by atoms with Gasteiger partial charge in [-0.3, -0.25) is 4.79 Å². The van der Waals surface area contributed by atoms with Crippen LogP contribution in [0.25, 0.3) is 0 Å². The van der Waals surface area contributed by atoms with Gasteiger partial charge in [-0.1, -0.05) is 0 Å². The van der Waals surface area contributed by atoms with Crippen LogP contribution in [-0.2, 0) is 0 Å². The minimum atomic E-state index is -1.02. The van der Waals surface area contributed by atoms with E-state index in [1.165, 1.54) is 0 Å². The molecule has 1 rings (SSSR count). The van der Waals surface area contributed by atoms with Crippen molar-refractivity contribution in [2.24, 2.45) is 0 Å². The summed E-state index contributed by atoms with van der Waals surface area (Å²) < 4.78 is 25.0. The average molecular weight is 221 g/mol. The Morgan fingerprint density at radius 2 is 1.82 bits per heavy atom. The number of benzene rings is 1. The first-order valence-corrected chi connectivity index (χ1v) is 3.54. The largest absolute Gasteiger partial charge is 0.298 e. The molecule has 0 amide bonds. The first-order valence-electron chi connectivity index (χ1n) is 2.75. The predicted molar refractivity (Wildman–Crippen MR) is 39.4 cm³/mol. The molecule has 0 aliphatic rings. The molecule has 58 valence electrons. The zero-order chi connectivity index (χ0) is 8.43. The van der Waals surface area contributed by atoms with Crippen molar-refractivity contribution in [3.63, 3.8) is 0 Å². The second-order valence-electron chi connectivity index (χ2n) is 1.91. The van der Waals surface area contributed by atoms with E-state index in [1.807, 2.05) is 0 Å². The third kappa shape index (κ3) is 1.63. The molecule has 4 heteroatoms. The Hall–Kier alpha value is -0.770. The second-order valence-corrected chi connectivity index (χ2v) is 2.76. The Balaban J connectivity index is 3.31. The van der Waals surface area contributed by atoms with Gasteiger partial charge in [0.25, 0.3) is 0 Å². The van der Waals surface area contributed by atoms with Gasteiger partial charge in [0.05, 0.1) is 0 Å². The van der Waals surface area contributed by atoms with Crippen LogP contribution >= 0.6 is 15.9 Å². The molecule has 0 heterocycles. The van der Waals surface area contributed by atoms with Crippen molar-refractivity contribution in [2.75, 3.05) is 0 Å². The van der Waals surface area contributed by atoms with Gasteiger partial charge in [0, 0.05) is 10.0 Å². The first-order chi connectivity index (χ1) is 5.15. The van der Waals surface area contributed by atoms with Crippen LogP contribution in [0, 0.1) is 11.6 Å². The topological polar surface area (TPSA) is 17.1 Å². The van der Waals surface area contributed by atoms with Crippen LogP contribution in [0.2, 0.25) is 0 Å². The minimum absolute atomic E-state index is 0.101.